The molecular formula is C20H25BrN2O. The minimum Gasteiger partial charge on any atom is -0.378 e. The van der Waals surface area contributed by atoms with Crippen molar-refractivity contribution in [2.75, 3.05) is 25.5 Å². The molecule has 0 radical (unpaired) electrons. The normalized spacial score (nSPS) is 10.5. The Balaban J connectivity index is 1.93. The Kier molecular flexibility index (Phi) is 6.85. The van der Waals surface area contributed by atoms with Crippen molar-refractivity contribution in [1.29, 1.82) is 0 Å². The van der Waals surface area contributed by atoms with Crippen molar-refractivity contribution in [3.63, 3.8) is 0 Å². The number of carbonyl (C=O) groups is 1. The predicted molar refractivity (Wildman–Crippen MR) is 104 cm³/mol. The molecular weight excluding hydrogens is 364 g/mol. The summed E-state index contributed by atoms with van der Waals surface area (Å²) in [5.74, 6) is 0.203. The highest BCUT2D eigenvalue weighted by Gasteiger charge is 2.12. The highest BCUT2D eigenvalue weighted by molar-refractivity contribution is 9.10. The van der Waals surface area contributed by atoms with Gasteiger partial charge in [0, 0.05) is 43.8 Å². The molecule has 0 aliphatic carbocycles. The van der Waals surface area contributed by atoms with Gasteiger partial charge in [0.25, 0.3) is 0 Å². The average molecular weight is 389 g/mol. The zero-order valence-corrected chi connectivity index (χ0v) is 16.2. The first-order valence-electron chi connectivity index (χ1n) is 8.28. The second kappa shape index (κ2) is 8.88. The van der Waals surface area contributed by atoms with Gasteiger partial charge in [-0.25, -0.2) is 0 Å². The highest BCUT2D eigenvalue weighted by atomic mass is 79.9. The van der Waals surface area contributed by atoms with E-state index in [0.29, 0.717) is 13.0 Å². The van der Waals surface area contributed by atoms with Crippen molar-refractivity contribution in [2.45, 2.75) is 26.3 Å². The molecule has 0 aliphatic heterocycles. The summed E-state index contributed by atoms with van der Waals surface area (Å²) < 4.78 is 1.06. The second-order valence-corrected chi connectivity index (χ2v) is 7.01. The Morgan fingerprint density at radius 2 is 1.75 bits per heavy atom. The third-order valence-electron chi connectivity index (χ3n) is 4.08. The van der Waals surface area contributed by atoms with E-state index in [2.05, 4.69) is 57.2 Å². The van der Waals surface area contributed by atoms with Crippen molar-refractivity contribution >= 4 is 27.5 Å². The fourth-order valence-electron chi connectivity index (χ4n) is 2.60. The lowest BCUT2D eigenvalue weighted by molar-refractivity contribution is -0.131. The summed E-state index contributed by atoms with van der Waals surface area (Å²) in [5.41, 5.74) is 3.52. The number of carbonyl (C=O) groups excluding carboxylic acids is 1. The molecule has 128 valence electrons. The van der Waals surface area contributed by atoms with Crippen LogP contribution in [0.1, 0.15) is 24.5 Å². The summed E-state index contributed by atoms with van der Waals surface area (Å²) in [6.07, 6.45) is 1.31. The van der Waals surface area contributed by atoms with E-state index in [-0.39, 0.29) is 5.91 Å². The minimum atomic E-state index is 0.203. The average Bonchev–Trinajstić information content (AvgIpc) is 2.58. The van der Waals surface area contributed by atoms with E-state index in [4.69, 9.17) is 0 Å². The quantitative estimate of drug-likeness (QED) is 0.696. The number of halogens is 1. The molecule has 2 aromatic rings. The SMILES string of the molecule is CCN(Cc1ccc(N(C)C)cc1)C(=O)CCc1cccc(Br)c1. The van der Waals surface area contributed by atoms with Crippen molar-refractivity contribution in [1.82, 2.24) is 4.90 Å². The van der Waals surface area contributed by atoms with Crippen LogP contribution in [0.2, 0.25) is 0 Å². The number of amides is 1. The Morgan fingerprint density at radius 1 is 1.04 bits per heavy atom. The summed E-state index contributed by atoms with van der Waals surface area (Å²) in [6, 6.07) is 16.5. The summed E-state index contributed by atoms with van der Waals surface area (Å²) in [7, 11) is 4.05. The van der Waals surface area contributed by atoms with Gasteiger partial charge in [0.2, 0.25) is 5.91 Å². The smallest absolute Gasteiger partial charge is 0.223 e. The lowest BCUT2D eigenvalue weighted by atomic mass is 10.1. The number of aryl methyl sites for hydroxylation is 1. The van der Waals surface area contributed by atoms with E-state index >= 15 is 0 Å². The molecule has 0 spiro atoms. The van der Waals surface area contributed by atoms with Crippen molar-refractivity contribution in [2.24, 2.45) is 0 Å². The van der Waals surface area contributed by atoms with Crippen LogP contribution in [0, 0.1) is 0 Å². The molecule has 0 heterocycles. The molecule has 0 unspecified atom stereocenters. The Morgan fingerprint density at radius 3 is 2.33 bits per heavy atom. The molecule has 0 saturated heterocycles. The first kappa shape index (κ1) is 18.5. The number of rotatable bonds is 7. The first-order valence-corrected chi connectivity index (χ1v) is 9.07. The lowest BCUT2D eigenvalue weighted by Gasteiger charge is -2.22. The number of hydrogen-bond acceptors (Lipinski definition) is 2. The molecule has 0 fully saturated rings. The third kappa shape index (κ3) is 5.38. The van der Waals surface area contributed by atoms with E-state index in [9.17, 15) is 4.79 Å². The van der Waals surface area contributed by atoms with E-state index in [1.807, 2.05) is 38.1 Å². The first-order chi connectivity index (χ1) is 11.5. The summed E-state index contributed by atoms with van der Waals surface area (Å²) >= 11 is 3.47. The molecule has 0 saturated carbocycles. The number of anilines is 1. The van der Waals surface area contributed by atoms with Gasteiger partial charge in [-0.15, -0.1) is 0 Å². The van der Waals surface area contributed by atoms with E-state index in [0.717, 1.165) is 17.4 Å². The minimum absolute atomic E-state index is 0.203. The van der Waals surface area contributed by atoms with Crippen LogP contribution >= 0.6 is 15.9 Å². The zero-order valence-electron chi connectivity index (χ0n) is 14.6. The van der Waals surface area contributed by atoms with Crippen LogP contribution < -0.4 is 4.90 Å². The van der Waals surface area contributed by atoms with Crippen molar-refractivity contribution in [3.8, 4) is 0 Å². The van der Waals surface area contributed by atoms with Crippen LogP contribution in [-0.2, 0) is 17.8 Å². The van der Waals surface area contributed by atoms with Crippen LogP contribution in [-0.4, -0.2) is 31.4 Å². The number of hydrogen-bond donors (Lipinski definition) is 0. The van der Waals surface area contributed by atoms with Crippen molar-refractivity contribution in [3.05, 3.63) is 64.1 Å². The summed E-state index contributed by atoms with van der Waals surface area (Å²) in [5, 5.41) is 0. The predicted octanol–water partition coefficient (Wildman–Crippen LogP) is 4.50. The standard InChI is InChI=1S/C20H25BrN2O/c1-4-23(15-17-8-11-19(12-9-17)22(2)3)20(24)13-10-16-6-5-7-18(21)14-16/h5-9,11-12,14H,4,10,13,15H2,1-3H3. The largest absolute Gasteiger partial charge is 0.378 e. The molecule has 2 rings (SSSR count). The van der Waals surface area contributed by atoms with E-state index in [1.165, 1.54) is 16.8 Å². The van der Waals surface area contributed by atoms with Gasteiger partial charge in [0.1, 0.15) is 0 Å². The van der Waals surface area contributed by atoms with Crippen LogP contribution in [0.5, 0.6) is 0 Å². The van der Waals surface area contributed by atoms with Gasteiger partial charge < -0.3 is 9.80 Å². The molecule has 4 heteroatoms. The molecule has 0 aliphatic rings. The van der Waals surface area contributed by atoms with Gasteiger partial charge in [0.05, 0.1) is 0 Å². The van der Waals surface area contributed by atoms with Gasteiger partial charge in [-0.05, 0) is 48.7 Å². The van der Waals surface area contributed by atoms with Crippen molar-refractivity contribution < 1.29 is 4.79 Å². The Hall–Kier alpha value is -1.81. The van der Waals surface area contributed by atoms with Crippen LogP contribution in [0.3, 0.4) is 0 Å². The molecule has 3 nitrogen and oxygen atoms in total. The number of benzene rings is 2. The summed E-state index contributed by atoms with van der Waals surface area (Å²) in [6.45, 7) is 3.43. The van der Waals surface area contributed by atoms with Gasteiger partial charge in [-0.2, -0.15) is 0 Å². The Labute approximate surface area is 153 Å². The van der Waals surface area contributed by atoms with Gasteiger partial charge in [-0.1, -0.05) is 40.2 Å². The van der Waals surface area contributed by atoms with Gasteiger partial charge >= 0.3 is 0 Å². The van der Waals surface area contributed by atoms with E-state index < -0.39 is 0 Å². The van der Waals surface area contributed by atoms with E-state index in [1.54, 1.807) is 0 Å². The Bertz CT molecular complexity index is 668. The molecule has 2 aromatic carbocycles. The molecule has 1 amide bonds. The van der Waals surface area contributed by atoms with Crippen LogP contribution in [0.15, 0.2) is 53.0 Å². The monoisotopic (exact) mass is 388 g/mol. The topological polar surface area (TPSA) is 23.6 Å². The maximum atomic E-state index is 12.5. The number of nitrogens with zero attached hydrogens (tertiary/aromatic N) is 2. The molecule has 0 aromatic heterocycles. The molecule has 0 bridgehead atoms. The molecule has 0 atom stereocenters. The molecule has 0 N–H and O–H groups in total. The van der Waals surface area contributed by atoms with Gasteiger partial charge in [0.15, 0.2) is 0 Å². The summed E-state index contributed by atoms with van der Waals surface area (Å²) in [4.78, 5) is 16.5. The fraction of sp³-hybridized carbons (Fsp3) is 0.350. The fourth-order valence-corrected chi connectivity index (χ4v) is 3.04. The molecule has 24 heavy (non-hydrogen) atoms. The zero-order chi connectivity index (χ0) is 17.5. The lowest BCUT2D eigenvalue weighted by Crippen LogP contribution is -2.30. The second-order valence-electron chi connectivity index (χ2n) is 6.10. The van der Waals surface area contributed by atoms with Gasteiger partial charge in [-0.3, -0.25) is 4.79 Å². The maximum Gasteiger partial charge on any atom is 0.223 e. The van der Waals surface area contributed by atoms with Crippen LogP contribution in [0.4, 0.5) is 5.69 Å². The third-order valence-corrected chi connectivity index (χ3v) is 4.57. The maximum absolute atomic E-state index is 12.5. The van der Waals surface area contributed by atoms with Crippen LogP contribution in [0.25, 0.3) is 0 Å². The highest BCUT2D eigenvalue weighted by Crippen LogP contribution is 2.16.